The predicted octanol–water partition coefficient (Wildman–Crippen LogP) is 0.778. The Morgan fingerprint density at radius 2 is 2.18 bits per heavy atom. The third-order valence-electron chi connectivity index (χ3n) is 3.25. The lowest BCUT2D eigenvalue weighted by atomic mass is 10.0. The minimum Gasteiger partial charge on any atom is -0.466 e. The van der Waals surface area contributed by atoms with Crippen LogP contribution < -0.4 is 0 Å². The Bertz CT molecular complexity index is 263. The number of ether oxygens (including phenoxy) is 3. The summed E-state index contributed by atoms with van der Waals surface area (Å²) in [6.07, 6.45) is 2.47. The fourth-order valence-corrected chi connectivity index (χ4v) is 2.48. The maximum atomic E-state index is 11.3. The minimum atomic E-state index is -0.396. The van der Waals surface area contributed by atoms with Gasteiger partial charge in [0.1, 0.15) is 0 Å². The molecule has 98 valence electrons. The second-order valence-corrected chi connectivity index (χ2v) is 4.54. The lowest BCUT2D eigenvalue weighted by Gasteiger charge is -2.38. The number of piperidine rings is 1. The first-order valence-electron chi connectivity index (χ1n) is 6.40. The van der Waals surface area contributed by atoms with Gasteiger partial charge in [0, 0.05) is 13.0 Å². The Morgan fingerprint density at radius 3 is 2.88 bits per heavy atom. The van der Waals surface area contributed by atoms with Crippen molar-refractivity contribution in [3.05, 3.63) is 0 Å². The highest BCUT2D eigenvalue weighted by atomic mass is 16.7. The molecular weight excluding hydrogens is 222 g/mol. The van der Waals surface area contributed by atoms with Crippen molar-refractivity contribution in [1.29, 1.82) is 0 Å². The van der Waals surface area contributed by atoms with Gasteiger partial charge < -0.3 is 14.2 Å². The summed E-state index contributed by atoms with van der Waals surface area (Å²) in [6.45, 7) is 6.16. The first kappa shape index (κ1) is 12.8. The molecule has 0 aromatic rings. The van der Waals surface area contributed by atoms with E-state index in [1.807, 2.05) is 6.92 Å². The molecule has 0 unspecified atom stereocenters. The summed E-state index contributed by atoms with van der Waals surface area (Å²) in [6, 6.07) is 0. The van der Waals surface area contributed by atoms with Gasteiger partial charge in [-0.25, -0.2) is 0 Å². The van der Waals surface area contributed by atoms with Crippen molar-refractivity contribution < 1.29 is 19.0 Å². The Labute approximate surface area is 102 Å². The van der Waals surface area contributed by atoms with Crippen LogP contribution in [0.15, 0.2) is 0 Å². The van der Waals surface area contributed by atoms with Crippen molar-refractivity contribution in [3.63, 3.8) is 0 Å². The summed E-state index contributed by atoms with van der Waals surface area (Å²) < 4.78 is 16.3. The molecule has 2 aliphatic rings. The van der Waals surface area contributed by atoms with Crippen LogP contribution in [0.25, 0.3) is 0 Å². The zero-order valence-electron chi connectivity index (χ0n) is 10.4. The zero-order valence-corrected chi connectivity index (χ0v) is 10.4. The quantitative estimate of drug-likeness (QED) is 0.683. The second-order valence-electron chi connectivity index (χ2n) is 4.54. The van der Waals surface area contributed by atoms with Gasteiger partial charge in [-0.3, -0.25) is 9.69 Å². The van der Waals surface area contributed by atoms with Gasteiger partial charge in [0.15, 0.2) is 5.79 Å². The van der Waals surface area contributed by atoms with Crippen molar-refractivity contribution in [3.8, 4) is 0 Å². The van der Waals surface area contributed by atoms with Crippen LogP contribution in [0.1, 0.15) is 26.2 Å². The molecule has 2 saturated heterocycles. The average molecular weight is 243 g/mol. The van der Waals surface area contributed by atoms with E-state index in [-0.39, 0.29) is 5.97 Å². The summed E-state index contributed by atoms with van der Waals surface area (Å²) in [5.41, 5.74) is 0. The Kier molecular flexibility index (Phi) is 4.36. The monoisotopic (exact) mass is 243 g/mol. The van der Waals surface area contributed by atoms with Crippen molar-refractivity contribution in [1.82, 2.24) is 4.90 Å². The fourth-order valence-electron chi connectivity index (χ4n) is 2.48. The number of hydrogen-bond donors (Lipinski definition) is 0. The molecule has 2 rings (SSSR count). The molecule has 17 heavy (non-hydrogen) atoms. The van der Waals surface area contributed by atoms with Crippen LogP contribution in [-0.4, -0.2) is 56.1 Å². The summed E-state index contributed by atoms with van der Waals surface area (Å²) >= 11 is 0. The van der Waals surface area contributed by atoms with Crippen LogP contribution >= 0.6 is 0 Å². The smallest absolute Gasteiger partial charge is 0.307 e. The van der Waals surface area contributed by atoms with E-state index in [2.05, 4.69) is 4.90 Å². The standard InChI is InChI=1S/C12H21NO4/c1-2-15-11(14)4-7-13-6-3-5-12(10-13)16-8-9-17-12/h2-10H2,1H3. The first-order chi connectivity index (χ1) is 8.24. The van der Waals surface area contributed by atoms with Crippen LogP contribution in [0.3, 0.4) is 0 Å². The number of carbonyl (C=O) groups is 1. The molecule has 1 spiro atoms. The highest BCUT2D eigenvalue weighted by Crippen LogP contribution is 2.29. The maximum absolute atomic E-state index is 11.3. The van der Waals surface area contributed by atoms with Crippen molar-refractivity contribution in [2.45, 2.75) is 32.0 Å². The van der Waals surface area contributed by atoms with Crippen molar-refractivity contribution >= 4 is 5.97 Å². The van der Waals surface area contributed by atoms with E-state index in [0.29, 0.717) is 26.2 Å². The van der Waals surface area contributed by atoms with Crippen LogP contribution in [0.4, 0.5) is 0 Å². The lowest BCUT2D eigenvalue weighted by molar-refractivity contribution is -0.189. The van der Waals surface area contributed by atoms with Gasteiger partial charge in [-0.1, -0.05) is 0 Å². The molecule has 0 aromatic heterocycles. The molecular formula is C12H21NO4. The average Bonchev–Trinajstić information content (AvgIpc) is 2.75. The number of esters is 1. The maximum Gasteiger partial charge on any atom is 0.307 e. The molecule has 0 radical (unpaired) electrons. The molecule has 0 saturated carbocycles. The molecule has 0 aromatic carbocycles. The Balaban J connectivity index is 1.75. The molecule has 0 amide bonds. The molecule has 2 aliphatic heterocycles. The van der Waals surface area contributed by atoms with Gasteiger partial charge in [-0.15, -0.1) is 0 Å². The third-order valence-corrected chi connectivity index (χ3v) is 3.25. The third kappa shape index (κ3) is 3.40. The van der Waals surface area contributed by atoms with E-state index in [1.165, 1.54) is 0 Å². The molecule has 0 N–H and O–H groups in total. The molecule has 2 heterocycles. The summed E-state index contributed by atoms with van der Waals surface area (Å²) in [4.78, 5) is 13.5. The first-order valence-corrected chi connectivity index (χ1v) is 6.40. The van der Waals surface area contributed by atoms with Gasteiger partial charge in [0.05, 0.1) is 32.8 Å². The van der Waals surface area contributed by atoms with E-state index in [1.54, 1.807) is 0 Å². The molecule has 0 atom stereocenters. The van der Waals surface area contributed by atoms with Gasteiger partial charge in [0.2, 0.25) is 0 Å². The minimum absolute atomic E-state index is 0.125. The number of likely N-dealkylation sites (tertiary alicyclic amines) is 1. The largest absolute Gasteiger partial charge is 0.466 e. The molecule has 5 nitrogen and oxygen atoms in total. The van der Waals surface area contributed by atoms with Gasteiger partial charge in [0.25, 0.3) is 0 Å². The van der Waals surface area contributed by atoms with E-state index in [9.17, 15) is 4.79 Å². The van der Waals surface area contributed by atoms with Gasteiger partial charge in [-0.05, 0) is 19.9 Å². The molecule has 2 fully saturated rings. The number of rotatable bonds is 4. The van der Waals surface area contributed by atoms with Gasteiger partial charge in [-0.2, -0.15) is 0 Å². The summed E-state index contributed by atoms with van der Waals surface area (Å²) in [5, 5.41) is 0. The normalized spacial score (nSPS) is 24.1. The Morgan fingerprint density at radius 1 is 1.41 bits per heavy atom. The number of nitrogens with zero attached hydrogens (tertiary/aromatic N) is 1. The number of hydrogen-bond acceptors (Lipinski definition) is 5. The van der Waals surface area contributed by atoms with E-state index in [4.69, 9.17) is 14.2 Å². The predicted molar refractivity (Wildman–Crippen MR) is 61.6 cm³/mol. The van der Waals surface area contributed by atoms with E-state index < -0.39 is 5.79 Å². The SMILES string of the molecule is CCOC(=O)CCN1CCCC2(C1)OCCO2. The Hall–Kier alpha value is -0.650. The van der Waals surface area contributed by atoms with Crippen LogP contribution in [0.2, 0.25) is 0 Å². The lowest BCUT2D eigenvalue weighted by Crippen LogP contribution is -2.49. The van der Waals surface area contributed by atoms with Crippen LogP contribution in [0, 0.1) is 0 Å². The van der Waals surface area contributed by atoms with E-state index in [0.717, 1.165) is 32.5 Å². The highest BCUT2D eigenvalue weighted by Gasteiger charge is 2.40. The van der Waals surface area contributed by atoms with Crippen molar-refractivity contribution in [2.24, 2.45) is 0 Å². The van der Waals surface area contributed by atoms with Crippen LogP contribution in [0.5, 0.6) is 0 Å². The van der Waals surface area contributed by atoms with Crippen LogP contribution in [-0.2, 0) is 19.0 Å². The second kappa shape index (κ2) is 5.80. The van der Waals surface area contributed by atoms with E-state index >= 15 is 0 Å². The molecule has 0 aliphatic carbocycles. The molecule has 0 bridgehead atoms. The molecule has 5 heteroatoms. The highest BCUT2D eigenvalue weighted by molar-refractivity contribution is 5.69. The van der Waals surface area contributed by atoms with Gasteiger partial charge >= 0.3 is 5.97 Å². The zero-order chi connectivity index (χ0) is 12.1. The number of carbonyl (C=O) groups excluding carboxylic acids is 1. The van der Waals surface area contributed by atoms with Crippen molar-refractivity contribution in [2.75, 3.05) is 39.5 Å². The topological polar surface area (TPSA) is 48.0 Å². The fraction of sp³-hybridized carbons (Fsp3) is 0.917. The summed E-state index contributed by atoms with van der Waals surface area (Å²) in [7, 11) is 0. The summed E-state index contributed by atoms with van der Waals surface area (Å²) in [5.74, 6) is -0.521.